The van der Waals surface area contributed by atoms with Crippen LogP contribution >= 0.6 is 0 Å². The van der Waals surface area contributed by atoms with Gasteiger partial charge < -0.3 is 0 Å². The molecule has 0 amide bonds. The number of aryl methyl sites for hydroxylation is 1. The first-order valence-electron chi connectivity index (χ1n) is 7.74. The largest absolute Gasteiger partial charge is 0.453 e. The Hall–Kier alpha value is -2.77. The molecule has 0 unspecified atom stereocenters. The van der Waals surface area contributed by atoms with E-state index in [1.807, 2.05) is 31.2 Å². The number of hydrogen-bond acceptors (Lipinski definition) is 4. The Balaban J connectivity index is 1.75. The number of rotatable bonds is 1. The van der Waals surface area contributed by atoms with E-state index in [0.717, 1.165) is 15.6 Å². The summed E-state index contributed by atoms with van der Waals surface area (Å²) in [5.41, 5.74) is 2.92. The number of fused-ring (bicyclic) bond motifs is 2. The summed E-state index contributed by atoms with van der Waals surface area (Å²) in [5.74, 6) is -1.60. The number of Topliss-reactive ketones (excluding diaryl/α,β-unsaturated/α-hetero) is 1. The van der Waals surface area contributed by atoms with Crippen molar-refractivity contribution in [2.24, 2.45) is 0 Å². The topological polar surface area (TPSA) is 60.2 Å². The normalized spacial score (nSPS) is 17.8. The van der Waals surface area contributed by atoms with Crippen LogP contribution in [0.5, 0.6) is 0 Å². The van der Waals surface area contributed by atoms with Gasteiger partial charge in [0.15, 0.2) is 5.78 Å². The Morgan fingerprint density at radius 1 is 1.12 bits per heavy atom. The molecular weight excluding hydrogens is 333 g/mol. The third kappa shape index (κ3) is 2.77. The number of hydrogen-bond donors (Lipinski definition) is 0. The molecule has 0 N–H and O–H groups in total. The average molecular weight is 346 g/mol. The maximum Gasteiger partial charge on any atom is 0.453 e. The van der Waals surface area contributed by atoms with Crippen LogP contribution in [0.3, 0.4) is 0 Å². The van der Waals surface area contributed by atoms with Crippen molar-refractivity contribution in [2.45, 2.75) is 31.9 Å². The number of benzene rings is 1. The van der Waals surface area contributed by atoms with Gasteiger partial charge in [0.2, 0.25) is 0 Å². The van der Waals surface area contributed by atoms with Gasteiger partial charge >= 0.3 is 6.18 Å². The van der Waals surface area contributed by atoms with Gasteiger partial charge in [-0.15, -0.1) is 5.10 Å². The second-order valence-electron chi connectivity index (χ2n) is 6.22. The van der Waals surface area contributed by atoms with Crippen LogP contribution < -0.4 is 0 Å². The molecule has 0 saturated heterocycles. The fourth-order valence-corrected chi connectivity index (χ4v) is 3.08. The van der Waals surface area contributed by atoms with Crippen LogP contribution in [0.4, 0.5) is 13.2 Å². The Morgan fingerprint density at radius 3 is 2.52 bits per heavy atom. The maximum atomic E-state index is 12.8. The van der Waals surface area contributed by atoms with Gasteiger partial charge in [-0.1, -0.05) is 29.8 Å². The van der Waals surface area contributed by atoms with E-state index in [1.165, 1.54) is 6.20 Å². The van der Waals surface area contributed by atoms with Crippen molar-refractivity contribution < 1.29 is 18.0 Å². The first-order chi connectivity index (χ1) is 11.8. The van der Waals surface area contributed by atoms with Crippen molar-refractivity contribution in [1.29, 1.82) is 0 Å². The predicted molar refractivity (Wildman–Crippen MR) is 82.4 cm³/mol. The second kappa shape index (κ2) is 5.37. The molecule has 0 saturated carbocycles. The first-order valence-corrected chi connectivity index (χ1v) is 7.74. The Bertz CT molecular complexity index is 976. The van der Waals surface area contributed by atoms with Crippen molar-refractivity contribution >= 4 is 11.6 Å². The molecular formula is C17H13F3N4O. The molecule has 0 aliphatic heterocycles. The van der Waals surface area contributed by atoms with Crippen LogP contribution in [0, 0.1) is 6.92 Å². The average Bonchev–Trinajstić information content (AvgIpc) is 2.97. The van der Waals surface area contributed by atoms with Gasteiger partial charge in [-0.3, -0.25) is 4.79 Å². The van der Waals surface area contributed by atoms with Crippen LogP contribution in [0.2, 0.25) is 0 Å². The highest BCUT2D eigenvalue weighted by Gasteiger charge is 2.37. The monoisotopic (exact) mass is 346 g/mol. The van der Waals surface area contributed by atoms with Crippen molar-refractivity contribution in [1.82, 2.24) is 19.6 Å². The molecule has 1 aliphatic rings. The lowest BCUT2D eigenvalue weighted by Crippen LogP contribution is -2.21. The van der Waals surface area contributed by atoms with Crippen LogP contribution in [-0.4, -0.2) is 25.4 Å². The Kier molecular flexibility index (Phi) is 3.38. The molecule has 2 aromatic heterocycles. The standard InChI is InChI=1S/C17H13F3N4O/c1-9-2-4-10(5-3-9)11-6-13-12(14(25)7-11)8-24-16(21-13)22-15(23-24)17(18,19)20/h2-5,8,11H,6-7H2,1H3/t11-/m1/s1. The molecule has 25 heavy (non-hydrogen) atoms. The highest BCUT2D eigenvalue weighted by Crippen LogP contribution is 2.32. The van der Waals surface area contributed by atoms with E-state index in [-0.39, 0.29) is 17.5 Å². The summed E-state index contributed by atoms with van der Waals surface area (Å²) in [7, 11) is 0. The van der Waals surface area contributed by atoms with Gasteiger partial charge in [0.1, 0.15) is 0 Å². The quantitative estimate of drug-likeness (QED) is 0.678. The molecule has 0 bridgehead atoms. The van der Waals surface area contributed by atoms with Crippen LogP contribution in [-0.2, 0) is 12.6 Å². The molecule has 1 atom stereocenters. The highest BCUT2D eigenvalue weighted by atomic mass is 19.4. The summed E-state index contributed by atoms with van der Waals surface area (Å²) < 4.78 is 39.2. The van der Waals surface area contributed by atoms with E-state index < -0.39 is 12.0 Å². The predicted octanol–water partition coefficient (Wildman–Crippen LogP) is 3.36. The summed E-state index contributed by atoms with van der Waals surface area (Å²) in [5, 5.41) is 3.38. The summed E-state index contributed by atoms with van der Waals surface area (Å²) in [4.78, 5) is 20.1. The summed E-state index contributed by atoms with van der Waals surface area (Å²) in [6, 6.07) is 7.88. The number of aromatic nitrogens is 4. The molecule has 0 radical (unpaired) electrons. The zero-order valence-electron chi connectivity index (χ0n) is 13.2. The SMILES string of the molecule is Cc1ccc([C@H]2CC(=O)c3cn4nc(C(F)(F)F)nc4nc3C2)cc1. The summed E-state index contributed by atoms with van der Waals surface area (Å²) >= 11 is 0. The molecule has 0 spiro atoms. The van der Waals surface area contributed by atoms with E-state index in [4.69, 9.17) is 0 Å². The number of halogens is 3. The van der Waals surface area contributed by atoms with E-state index >= 15 is 0 Å². The number of ketones is 1. The van der Waals surface area contributed by atoms with Gasteiger partial charge in [0, 0.05) is 12.6 Å². The Morgan fingerprint density at radius 2 is 1.84 bits per heavy atom. The third-order valence-electron chi connectivity index (χ3n) is 4.38. The second-order valence-corrected chi connectivity index (χ2v) is 6.22. The lowest BCUT2D eigenvalue weighted by Gasteiger charge is -2.23. The van der Waals surface area contributed by atoms with Crippen molar-refractivity contribution in [2.75, 3.05) is 0 Å². The summed E-state index contributed by atoms with van der Waals surface area (Å²) in [6.45, 7) is 1.98. The zero-order chi connectivity index (χ0) is 17.8. The first kappa shape index (κ1) is 15.7. The van der Waals surface area contributed by atoms with Crippen molar-refractivity contribution in [3.63, 3.8) is 0 Å². The fourth-order valence-electron chi connectivity index (χ4n) is 3.08. The van der Waals surface area contributed by atoms with Gasteiger partial charge in [-0.25, -0.2) is 9.50 Å². The van der Waals surface area contributed by atoms with E-state index in [9.17, 15) is 18.0 Å². The molecule has 128 valence electrons. The number of carbonyl (C=O) groups is 1. The molecule has 1 aliphatic carbocycles. The van der Waals surface area contributed by atoms with Gasteiger partial charge in [-0.2, -0.15) is 18.2 Å². The van der Waals surface area contributed by atoms with Gasteiger partial charge in [0.25, 0.3) is 11.6 Å². The maximum absolute atomic E-state index is 12.8. The van der Waals surface area contributed by atoms with E-state index in [0.29, 0.717) is 24.1 Å². The lowest BCUT2D eigenvalue weighted by atomic mass is 9.82. The van der Waals surface area contributed by atoms with E-state index in [2.05, 4.69) is 15.1 Å². The summed E-state index contributed by atoms with van der Waals surface area (Å²) in [6.07, 6.45) is -2.57. The third-order valence-corrected chi connectivity index (χ3v) is 4.38. The fraction of sp³-hybridized carbons (Fsp3) is 0.294. The minimum atomic E-state index is -4.65. The minimum Gasteiger partial charge on any atom is -0.294 e. The van der Waals surface area contributed by atoms with Gasteiger partial charge in [-0.05, 0) is 24.8 Å². The van der Waals surface area contributed by atoms with E-state index in [1.54, 1.807) is 0 Å². The van der Waals surface area contributed by atoms with Crippen molar-refractivity contribution in [3.05, 3.63) is 58.7 Å². The van der Waals surface area contributed by atoms with Crippen LogP contribution in [0.1, 0.15) is 45.3 Å². The van der Waals surface area contributed by atoms with Crippen LogP contribution in [0.25, 0.3) is 5.78 Å². The molecule has 1 aromatic carbocycles. The Labute approximate surface area is 140 Å². The lowest BCUT2D eigenvalue weighted by molar-refractivity contribution is -0.144. The smallest absolute Gasteiger partial charge is 0.294 e. The van der Waals surface area contributed by atoms with Crippen molar-refractivity contribution in [3.8, 4) is 0 Å². The molecule has 8 heteroatoms. The molecule has 4 rings (SSSR count). The molecule has 2 heterocycles. The number of carbonyl (C=O) groups excluding carboxylic acids is 1. The molecule has 3 aromatic rings. The zero-order valence-corrected chi connectivity index (χ0v) is 13.2. The highest BCUT2D eigenvalue weighted by molar-refractivity contribution is 5.98. The number of nitrogens with zero attached hydrogens (tertiary/aromatic N) is 4. The van der Waals surface area contributed by atoms with Crippen LogP contribution in [0.15, 0.2) is 30.5 Å². The molecule has 5 nitrogen and oxygen atoms in total. The minimum absolute atomic E-state index is 0.0412. The van der Waals surface area contributed by atoms with Gasteiger partial charge in [0.05, 0.1) is 11.3 Å². The number of alkyl halides is 3. The molecule has 0 fully saturated rings.